The lowest BCUT2D eigenvalue weighted by Crippen LogP contribution is -3.05. The number of nitrogens with one attached hydrogen (secondary N) is 2. The number of hydrogen-bond acceptors (Lipinski definition) is 2. The summed E-state index contributed by atoms with van der Waals surface area (Å²) in [5.41, 5.74) is 1.53. The molecule has 4 heteroatoms. The van der Waals surface area contributed by atoms with Crippen LogP contribution in [0.4, 0.5) is 5.69 Å². The lowest BCUT2D eigenvalue weighted by molar-refractivity contribution is -0.858. The van der Waals surface area contributed by atoms with Crippen LogP contribution in [0.5, 0.6) is 0 Å². The van der Waals surface area contributed by atoms with Gasteiger partial charge < -0.3 is 15.3 Å². The second kappa shape index (κ2) is 12.1. The van der Waals surface area contributed by atoms with Crippen LogP contribution in [0.1, 0.15) is 38.3 Å². The molecule has 142 valence electrons. The highest BCUT2D eigenvalue weighted by atomic mass is 16.4. The molecule has 0 heterocycles. The summed E-state index contributed by atoms with van der Waals surface area (Å²) in [6.45, 7) is 5.90. The molecule has 0 fully saturated rings. The Kier molecular flexibility index (Phi) is 10.1. The quantitative estimate of drug-likeness (QED) is 0.678. The van der Waals surface area contributed by atoms with Crippen LogP contribution < -0.4 is 10.2 Å². The summed E-state index contributed by atoms with van der Waals surface area (Å²) >= 11 is 0. The number of benzene rings is 2. The van der Waals surface area contributed by atoms with Gasteiger partial charge in [-0.3, -0.25) is 0 Å². The van der Waals surface area contributed by atoms with Gasteiger partial charge in [-0.25, -0.2) is 4.79 Å². The molecule has 0 aliphatic rings. The van der Waals surface area contributed by atoms with Gasteiger partial charge in [0.2, 0.25) is 0 Å². The average molecular weight is 358 g/mol. The fraction of sp³-hybridized carbons (Fsp3) is 0.409. The van der Waals surface area contributed by atoms with Crippen LogP contribution in [-0.4, -0.2) is 31.7 Å². The third-order valence-electron chi connectivity index (χ3n) is 4.30. The van der Waals surface area contributed by atoms with E-state index >= 15 is 0 Å². The van der Waals surface area contributed by atoms with Crippen molar-refractivity contribution in [2.24, 2.45) is 5.92 Å². The van der Waals surface area contributed by atoms with E-state index in [2.05, 4.69) is 33.3 Å². The molecule has 0 spiro atoms. The molecule has 4 nitrogen and oxygen atoms in total. The Bertz CT molecular complexity index is 615. The minimum atomic E-state index is -0.889. The van der Waals surface area contributed by atoms with Crippen molar-refractivity contribution in [3.05, 3.63) is 66.2 Å². The molecule has 3 N–H and O–H groups in total. The molecule has 2 atom stereocenters. The Labute approximate surface area is 157 Å². The summed E-state index contributed by atoms with van der Waals surface area (Å²) in [4.78, 5) is 12.8. The van der Waals surface area contributed by atoms with Crippen molar-refractivity contribution < 1.29 is 14.8 Å². The minimum absolute atomic E-state index is 0.724. The van der Waals surface area contributed by atoms with Crippen LogP contribution in [0.3, 0.4) is 0 Å². The second-order valence-electron chi connectivity index (χ2n) is 6.95. The first kappa shape index (κ1) is 21.7. The lowest BCUT2D eigenvalue weighted by Gasteiger charge is -2.15. The predicted molar refractivity (Wildman–Crippen MR) is 109 cm³/mol. The van der Waals surface area contributed by atoms with E-state index < -0.39 is 12.0 Å². The third-order valence-corrected chi connectivity index (χ3v) is 4.30. The van der Waals surface area contributed by atoms with E-state index in [1.54, 1.807) is 17.0 Å². The Hall–Kier alpha value is -2.33. The van der Waals surface area contributed by atoms with Crippen LogP contribution in [-0.2, 0) is 4.79 Å². The van der Waals surface area contributed by atoms with Crippen LogP contribution in [0.25, 0.3) is 0 Å². The molecular formula is C22H33N2O2+. The standard InChI is InChI=1S/C14H13NO2.C8H19N/c16-14(17)13(11-7-3-1-4-8-11)15-12-9-5-2-6-10-12;1-5-8(2)6-7-9(3)4/h1-10,13,15H,(H,16,17);8H,5-7H2,1-4H3/p+1/t13-;/m1./s1. The summed E-state index contributed by atoms with van der Waals surface area (Å²) in [5, 5.41) is 12.2. The maximum Gasteiger partial charge on any atom is 0.330 e. The first-order valence-corrected chi connectivity index (χ1v) is 9.32. The SMILES string of the molecule is CCC(C)CC[NH+](C)C.O=C(O)[C@H](Nc1ccccc1)c1ccccc1. The Balaban J connectivity index is 0.000000321. The predicted octanol–water partition coefficient (Wildman–Crippen LogP) is 3.49. The van der Waals surface area contributed by atoms with Gasteiger partial charge in [0.15, 0.2) is 6.04 Å². The molecule has 0 aliphatic heterocycles. The van der Waals surface area contributed by atoms with Crippen LogP contribution in [0, 0.1) is 5.92 Å². The van der Waals surface area contributed by atoms with Gasteiger partial charge in [0.25, 0.3) is 0 Å². The zero-order valence-corrected chi connectivity index (χ0v) is 16.4. The Morgan fingerprint density at radius 1 is 1.04 bits per heavy atom. The minimum Gasteiger partial charge on any atom is -0.479 e. The van der Waals surface area contributed by atoms with E-state index in [-0.39, 0.29) is 0 Å². The zero-order chi connectivity index (χ0) is 19.4. The number of hydrogen-bond donors (Lipinski definition) is 3. The molecule has 0 aromatic heterocycles. The Morgan fingerprint density at radius 3 is 2.04 bits per heavy atom. The van der Waals surface area contributed by atoms with Gasteiger partial charge in [-0.15, -0.1) is 0 Å². The van der Waals surface area contributed by atoms with Gasteiger partial charge in [0.05, 0.1) is 20.6 Å². The molecule has 2 aromatic rings. The second-order valence-corrected chi connectivity index (χ2v) is 6.95. The monoisotopic (exact) mass is 357 g/mol. The van der Waals surface area contributed by atoms with Crippen LogP contribution in [0.15, 0.2) is 60.7 Å². The van der Waals surface area contributed by atoms with Crippen molar-refractivity contribution in [1.82, 2.24) is 0 Å². The van der Waals surface area contributed by atoms with Gasteiger partial charge >= 0.3 is 5.97 Å². The van der Waals surface area contributed by atoms with Crippen molar-refractivity contribution >= 4 is 11.7 Å². The molecule has 0 aliphatic carbocycles. The fourth-order valence-corrected chi connectivity index (χ4v) is 2.37. The number of para-hydroxylation sites is 1. The molecule has 0 saturated carbocycles. The van der Waals surface area contributed by atoms with Crippen molar-refractivity contribution in [3.63, 3.8) is 0 Å². The average Bonchev–Trinajstić information content (AvgIpc) is 2.66. The van der Waals surface area contributed by atoms with Crippen molar-refractivity contribution in [2.45, 2.75) is 32.7 Å². The van der Waals surface area contributed by atoms with E-state index in [4.69, 9.17) is 0 Å². The number of carboxylic acid groups (broad SMARTS) is 1. The van der Waals surface area contributed by atoms with Gasteiger partial charge in [0, 0.05) is 5.69 Å². The highest BCUT2D eigenvalue weighted by Gasteiger charge is 2.18. The number of aliphatic carboxylic acids is 1. The molecule has 2 aromatic carbocycles. The van der Waals surface area contributed by atoms with Gasteiger partial charge in [-0.2, -0.15) is 0 Å². The van der Waals surface area contributed by atoms with Crippen LogP contribution >= 0.6 is 0 Å². The van der Waals surface area contributed by atoms with E-state index in [9.17, 15) is 9.90 Å². The zero-order valence-electron chi connectivity index (χ0n) is 16.4. The maximum absolute atomic E-state index is 11.2. The van der Waals surface area contributed by atoms with Crippen molar-refractivity contribution in [2.75, 3.05) is 26.0 Å². The number of carboxylic acids is 1. The van der Waals surface area contributed by atoms with E-state index in [1.165, 1.54) is 19.4 Å². The Morgan fingerprint density at radius 2 is 1.58 bits per heavy atom. The van der Waals surface area contributed by atoms with E-state index in [1.807, 2.05) is 48.5 Å². The first-order valence-electron chi connectivity index (χ1n) is 9.32. The van der Waals surface area contributed by atoms with E-state index in [0.717, 1.165) is 17.2 Å². The number of anilines is 1. The third kappa shape index (κ3) is 8.67. The molecule has 1 unspecified atom stereocenters. The van der Waals surface area contributed by atoms with Crippen LogP contribution in [0.2, 0.25) is 0 Å². The molecule has 0 radical (unpaired) electrons. The summed E-state index contributed by atoms with van der Waals surface area (Å²) in [6, 6.07) is 17.7. The first-order chi connectivity index (χ1) is 12.4. The van der Waals surface area contributed by atoms with Gasteiger partial charge in [-0.1, -0.05) is 68.8 Å². The number of quaternary nitrogens is 1. The molecule has 26 heavy (non-hydrogen) atoms. The molecule has 0 saturated heterocycles. The topological polar surface area (TPSA) is 53.8 Å². The number of rotatable bonds is 8. The highest BCUT2D eigenvalue weighted by Crippen LogP contribution is 2.19. The number of carbonyl (C=O) groups is 1. The molecular weight excluding hydrogens is 324 g/mol. The molecule has 2 rings (SSSR count). The largest absolute Gasteiger partial charge is 0.479 e. The molecule has 0 bridgehead atoms. The molecule has 0 amide bonds. The van der Waals surface area contributed by atoms with Crippen molar-refractivity contribution in [3.8, 4) is 0 Å². The highest BCUT2D eigenvalue weighted by molar-refractivity contribution is 5.79. The summed E-state index contributed by atoms with van der Waals surface area (Å²) in [6.07, 6.45) is 2.70. The van der Waals surface area contributed by atoms with Gasteiger partial charge in [-0.05, 0) is 30.0 Å². The summed E-state index contributed by atoms with van der Waals surface area (Å²) in [5.74, 6) is 0.0277. The normalized spacial score (nSPS) is 12.7. The maximum atomic E-state index is 11.2. The summed E-state index contributed by atoms with van der Waals surface area (Å²) < 4.78 is 0. The smallest absolute Gasteiger partial charge is 0.330 e. The fourth-order valence-electron chi connectivity index (χ4n) is 2.37. The van der Waals surface area contributed by atoms with Gasteiger partial charge in [0.1, 0.15) is 0 Å². The summed E-state index contributed by atoms with van der Waals surface area (Å²) in [7, 11) is 4.42. The van der Waals surface area contributed by atoms with E-state index in [0.29, 0.717) is 0 Å². The lowest BCUT2D eigenvalue weighted by atomic mass is 10.1. The van der Waals surface area contributed by atoms with Crippen molar-refractivity contribution in [1.29, 1.82) is 0 Å².